The number of nitrogens with zero attached hydrogens (tertiary/aromatic N) is 2. The van der Waals surface area contributed by atoms with Crippen LogP contribution >= 0.6 is 0 Å². The number of aromatic amines is 1. The molecule has 0 aliphatic rings. The Morgan fingerprint density at radius 3 is 2.44 bits per heavy atom. The van der Waals surface area contributed by atoms with Crippen molar-refractivity contribution >= 4 is 11.9 Å². The van der Waals surface area contributed by atoms with Gasteiger partial charge in [0.05, 0.1) is 23.6 Å². The number of aromatic nitrogens is 2. The van der Waals surface area contributed by atoms with E-state index in [9.17, 15) is 14.7 Å². The molecule has 0 spiro atoms. The number of imidazole rings is 1. The van der Waals surface area contributed by atoms with E-state index in [4.69, 9.17) is 0 Å². The molecule has 1 atom stereocenters. The molecule has 2 aromatic carbocycles. The number of carbonyl (C=O) groups excluding carboxylic acids is 1. The number of carboxylic acids is 1. The smallest absolute Gasteiger partial charge is 0.335 e. The predicted octanol–water partition coefficient (Wildman–Crippen LogP) is 3.49. The lowest BCUT2D eigenvalue weighted by Crippen LogP contribution is -2.49. The van der Waals surface area contributed by atoms with Crippen LogP contribution in [-0.2, 0) is 24.3 Å². The van der Waals surface area contributed by atoms with Gasteiger partial charge >= 0.3 is 5.97 Å². The summed E-state index contributed by atoms with van der Waals surface area (Å²) in [5.41, 5.74) is 2.97. The minimum absolute atomic E-state index is 0.00777. The topological polar surface area (TPSA) is 98.3 Å². The Morgan fingerprint density at radius 2 is 1.78 bits per heavy atom. The van der Waals surface area contributed by atoms with Gasteiger partial charge < -0.3 is 20.3 Å². The zero-order valence-electron chi connectivity index (χ0n) is 18.5. The lowest BCUT2D eigenvalue weighted by atomic mass is 10.0. The Balaban J connectivity index is 1.78. The van der Waals surface area contributed by atoms with Crippen LogP contribution in [0.3, 0.4) is 0 Å². The molecule has 1 amide bonds. The molecule has 7 nitrogen and oxygen atoms in total. The summed E-state index contributed by atoms with van der Waals surface area (Å²) in [6.07, 6.45) is 4.22. The van der Waals surface area contributed by atoms with Crippen LogP contribution in [0, 0.1) is 5.92 Å². The summed E-state index contributed by atoms with van der Waals surface area (Å²) in [5, 5.41) is 12.7. The first-order valence-corrected chi connectivity index (χ1v) is 10.8. The predicted molar refractivity (Wildman–Crippen MR) is 123 cm³/mol. The number of H-pyrrole nitrogens is 1. The van der Waals surface area contributed by atoms with E-state index in [2.05, 4.69) is 15.3 Å². The van der Waals surface area contributed by atoms with E-state index in [-0.39, 0.29) is 23.4 Å². The molecule has 7 heteroatoms. The van der Waals surface area contributed by atoms with Crippen molar-refractivity contribution in [1.29, 1.82) is 0 Å². The molecule has 0 aliphatic carbocycles. The number of amides is 1. The van der Waals surface area contributed by atoms with Crippen molar-refractivity contribution in [3.8, 4) is 0 Å². The number of hydrogen-bond acceptors (Lipinski definition) is 4. The second-order valence-corrected chi connectivity index (χ2v) is 8.17. The van der Waals surface area contributed by atoms with Crippen LogP contribution in [0.25, 0.3) is 0 Å². The van der Waals surface area contributed by atoms with Gasteiger partial charge in [-0.2, -0.15) is 0 Å². The van der Waals surface area contributed by atoms with Crippen molar-refractivity contribution in [2.75, 3.05) is 6.54 Å². The van der Waals surface area contributed by atoms with Crippen molar-refractivity contribution in [2.45, 2.75) is 39.4 Å². The van der Waals surface area contributed by atoms with E-state index in [1.54, 1.807) is 29.4 Å². The summed E-state index contributed by atoms with van der Waals surface area (Å²) in [7, 11) is 0. The Kier molecular flexibility index (Phi) is 8.16. The average molecular weight is 435 g/mol. The van der Waals surface area contributed by atoms with Crippen LogP contribution in [0.15, 0.2) is 67.1 Å². The van der Waals surface area contributed by atoms with Gasteiger partial charge in [-0.25, -0.2) is 9.78 Å². The van der Waals surface area contributed by atoms with Crippen LogP contribution in [0.1, 0.15) is 41.0 Å². The largest absolute Gasteiger partial charge is 0.478 e. The van der Waals surface area contributed by atoms with Crippen molar-refractivity contribution in [2.24, 2.45) is 5.92 Å². The number of carboxylic acid groups (broad SMARTS) is 1. The Labute approximate surface area is 188 Å². The van der Waals surface area contributed by atoms with Crippen LogP contribution in [0.5, 0.6) is 0 Å². The average Bonchev–Trinajstić information content (AvgIpc) is 3.30. The molecule has 1 heterocycles. The van der Waals surface area contributed by atoms with Gasteiger partial charge in [-0.05, 0) is 29.2 Å². The molecule has 1 aromatic heterocycles. The minimum atomic E-state index is -0.979. The highest BCUT2D eigenvalue weighted by atomic mass is 16.4. The minimum Gasteiger partial charge on any atom is -0.478 e. The van der Waals surface area contributed by atoms with Crippen LogP contribution in [-0.4, -0.2) is 44.4 Å². The number of hydrogen-bond donors (Lipinski definition) is 3. The first-order chi connectivity index (χ1) is 15.4. The lowest BCUT2D eigenvalue weighted by Gasteiger charge is -2.30. The third kappa shape index (κ3) is 6.52. The molecule has 168 valence electrons. The van der Waals surface area contributed by atoms with Gasteiger partial charge in [0, 0.05) is 32.3 Å². The van der Waals surface area contributed by atoms with Crippen LogP contribution in [0.4, 0.5) is 0 Å². The monoisotopic (exact) mass is 434 g/mol. The maximum absolute atomic E-state index is 13.6. The molecule has 3 N–H and O–H groups in total. The van der Waals surface area contributed by atoms with Gasteiger partial charge in [0.25, 0.3) is 0 Å². The molecule has 0 unspecified atom stereocenters. The van der Waals surface area contributed by atoms with E-state index < -0.39 is 5.97 Å². The zero-order chi connectivity index (χ0) is 22.9. The third-order valence-electron chi connectivity index (χ3n) is 5.31. The maximum atomic E-state index is 13.6. The molecule has 32 heavy (non-hydrogen) atoms. The summed E-state index contributed by atoms with van der Waals surface area (Å²) in [6, 6.07) is 16.2. The molecule has 3 aromatic rings. The van der Waals surface area contributed by atoms with Gasteiger partial charge in [0.15, 0.2) is 0 Å². The fourth-order valence-corrected chi connectivity index (χ4v) is 3.63. The van der Waals surface area contributed by atoms with E-state index >= 15 is 0 Å². The zero-order valence-corrected chi connectivity index (χ0v) is 18.5. The van der Waals surface area contributed by atoms with Crippen LogP contribution < -0.4 is 5.32 Å². The number of aromatic carboxylic acids is 1. The normalized spacial score (nSPS) is 12.0. The van der Waals surface area contributed by atoms with E-state index in [1.165, 1.54) is 0 Å². The van der Waals surface area contributed by atoms with Crippen LogP contribution in [0.2, 0.25) is 0 Å². The number of benzene rings is 2. The molecular weight excluding hydrogens is 404 g/mol. The fraction of sp³-hybridized carbons (Fsp3) is 0.320. The highest BCUT2D eigenvalue weighted by molar-refractivity contribution is 5.87. The Hall–Kier alpha value is -3.45. The van der Waals surface area contributed by atoms with Crippen molar-refractivity contribution in [3.63, 3.8) is 0 Å². The van der Waals surface area contributed by atoms with Gasteiger partial charge in [-0.15, -0.1) is 0 Å². The van der Waals surface area contributed by atoms with Gasteiger partial charge in [0.1, 0.15) is 0 Å². The third-order valence-corrected chi connectivity index (χ3v) is 5.31. The standard InChI is InChI=1S/C25H30N4O3/c1-18(2)23(27-12-11-22-14-26-17-28-22)24(30)29(15-19-7-4-3-5-8-19)16-20-9-6-10-21(13-20)25(31)32/h3-10,13-14,17-18,23,27H,11-12,15-16H2,1-2H3,(H,26,28)(H,31,32)/t23-/m0/s1. The van der Waals surface area contributed by atoms with E-state index in [0.29, 0.717) is 19.6 Å². The van der Waals surface area contributed by atoms with Gasteiger partial charge in [-0.1, -0.05) is 56.3 Å². The first-order valence-electron chi connectivity index (χ1n) is 10.8. The summed E-state index contributed by atoms with van der Waals surface area (Å²) >= 11 is 0. The number of carbonyl (C=O) groups is 2. The quantitative estimate of drug-likeness (QED) is 0.429. The van der Waals surface area contributed by atoms with Gasteiger partial charge in [0.2, 0.25) is 5.91 Å². The second-order valence-electron chi connectivity index (χ2n) is 8.17. The molecule has 0 radical (unpaired) electrons. The number of nitrogens with one attached hydrogen (secondary N) is 2. The second kappa shape index (κ2) is 11.2. The van der Waals surface area contributed by atoms with E-state index in [0.717, 1.165) is 23.2 Å². The molecule has 0 fully saturated rings. The van der Waals surface area contributed by atoms with Crippen molar-refractivity contribution in [3.05, 3.63) is 89.5 Å². The molecule has 3 rings (SSSR count). The maximum Gasteiger partial charge on any atom is 0.335 e. The summed E-state index contributed by atoms with van der Waals surface area (Å²) in [4.78, 5) is 34.0. The molecule has 0 aliphatic heterocycles. The highest BCUT2D eigenvalue weighted by Crippen LogP contribution is 2.16. The summed E-state index contributed by atoms with van der Waals surface area (Å²) in [6.45, 7) is 5.46. The van der Waals surface area contributed by atoms with Crippen molar-refractivity contribution < 1.29 is 14.7 Å². The summed E-state index contributed by atoms with van der Waals surface area (Å²) in [5.74, 6) is -0.898. The SMILES string of the molecule is CC(C)[C@H](NCCc1c[nH]cn1)C(=O)N(Cc1ccccc1)Cc1cccc(C(=O)O)c1. The fourth-order valence-electron chi connectivity index (χ4n) is 3.63. The number of rotatable bonds is 11. The Bertz CT molecular complexity index is 1000. The molecular formula is C25H30N4O3. The highest BCUT2D eigenvalue weighted by Gasteiger charge is 2.27. The first kappa shape index (κ1) is 23.2. The van der Waals surface area contributed by atoms with Crippen molar-refractivity contribution in [1.82, 2.24) is 20.2 Å². The molecule has 0 saturated carbocycles. The van der Waals surface area contributed by atoms with Gasteiger partial charge in [-0.3, -0.25) is 4.79 Å². The Morgan fingerprint density at radius 1 is 1.06 bits per heavy atom. The summed E-state index contributed by atoms with van der Waals surface area (Å²) < 4.78 is 0. The molecule has 0 bridgehead atoms. The lowest BCUT2D eigenvalue weighted by molar-refractivity contribution is -0.135. The van der Waals surface area contributed by atoms with E-state index in [1.807, 2.05) is 56.4 Å². The molecule has 0 saturated heterocycles.